The summed E-state index contributed by atoms with van der Waals surface area (Å²) in [5, 5.41) is 6.42. The van der Waals surface area contributed by atoms with Crippen molar-refractivity contribution in [3.63, 3.8) is 0 Å². The molecule has 4 nitrogen and oxygen atoms in total. The number of hydrogen-bond donors (Lipinski definition) is 1. The zero-order valence-electron chi connectivity index (χ0n) is 8.55. The number of carbonyl (C=O) groups is 1. The minimum atomic E-state index is -0.134. The van der Waals surface area contributed by atoms with Crippen LogP contribution in [0.5, 0.6) is 0 Å². The molecule has 15 heavy (non-hydrogen) atoms. The molecule has 2 rings (SSSR count). The van der Waals surface area contributed by atoms with E-state index in [0.29, 0.717) is 23.7 Å². The minimum absolute atomic E-state index is 0.134. The smallest absolute Gasteiger partial charge is 0.256 e. The monoisotopic (exact) mass is 228 g/mol. The number of nitrogens with one attached hydrogen (secondary N) is 1. The molecule has 0 aliphatic heterocycles. The Balaban J connectivity index is 1.91. The number of aromatic nitrogens is 1. The molecule has 1 aliphatic carbocycles. The summed E-state index contributed by atoms with van der Waals surface area (Å²) in [6.45, 7) is 2.36. The van der Waals surface area contributed by atoms with Gasteiger partial charge in [0.2, 0.25) is 0 Å². The molecule has 0 spiro atoms. The molecule has 1 amide bonds. The van der Waals surface area contributed by atoms with E-state index in [0.717, 1.165) is 12.8 Å². The van der Waals surface area contributed by atoms with Crippen molar-refractivity contribution in [2.45, 2.75) is 19.8 Å². The minimum Gasteiger partial charge on any atom is -0.361 e. The van der Waals surface area contributed by atoms with E-state index in [4.69, 9.17) is 16.1 Å². The van der Waals surface area contributed by atoms with E-state index >= 15 is 0 Å². The van der Waals surface area contributed by atoms with Crippen molar-refractivity contribution in [2.75, 3.05) is 12.4 Å². The lowest BCUT2D eigenvalue weighted by Crippen LogP contribution is -2.31. The number of amides is 1. The fraction of sp³-hybridized carbons (Fsp3) is 0.600. The SMILES string of the molecule is Cc1oncc1C(=O)NCC1(CCl)CC1. The van der Waals surface area contributed by atoms with Crippen molar-refractivity contribution >= 4 is 17.5 Å². The first-order chi connectivity index (χ1) is 7.17. The lowest BCUT2D eigenvalue weighted by Gasteiger charge is -2.11. The summed E-state index contributed by atoms with van der Waals surface area (Å²) in [6.07, 6.45) is 3.63. The van der Waals surface area contributed by atoms with Crippen LogP contribution >= 0.6 is 11.6 Å². The van der Waals surface area contributed by atoms with Crippen LogP contribution in [-0.2, 0) is 0 Å². The molecular formula is C10H13ClN2O2. The van der Waals surface area contributed by atoms with Gasteiger partial charge in [0.15, 0.2) is 0 Å². The number of alkyl halides is 1. The third-order valence-electron chi connectivity index (χ3n) is 2.86. The van der Waals surface area contributed by atoms with Crippen molar-refractivity contribution in [3.8, 4) is 0 Å². The second-order valence-electron chi connectivity index (χ2n) is 4.11. The summed E-state index contributed by atoms with van der Waals surface area (Å²) >= 11 is 5.81. The first kappa shape index (κ1) is 10.5. The normalized spacial score (nSPS) is 17.5. The van der Waals surface area contributed by atoms with Gasteiger partial charge in [-0.05, 0) is 19.8 Å². The maximum absolute atomic E-state index is 11.7. The number of nitrogens with zero attached hydrogens (tertiary/aromatic N) is 1. The lowest BCUT2D eigenvalue weighted by atomic mass is 10.1. The highest BCUT2D eigenvalue weighted by atomic mass is 35.5. The van der Waals surface area contributed by atoms with Gasteiger partial charge in [0, 0.05) is 17.8 Å². The molecule has 1 N–H and O–H groups in total. The number of hydrogen-bond acceptors (Lipinski definition) is 3. The van der Waals surface area contributed by atoms with Crippen molar-refractivity contribution in [1.82, 2.24) is 10.5 Å². The molecule has 1 aromatic rings. The molecule has 1 heterocycles. The van der Waals surface area contributed by atoms with Gasteiger partial charge in [0.05, 0.1) is 6.20 Å². The van der Waals surface area contributed by atoms with Gasteiger partial charge < -0.3 is 9.84 Å². The zero-order chi connectivity index (χ0) is 10.9. The van der Waals surface area contributed by atoms with Crippen LogP contribution in [-0.4, -0.2) is 23.5 Å². The maximum Gasteiger partial charge on any atom is 0.256 e. The van der Waals surface area contributed by atoms with E-state index in [1.54, 1.807) is 6.92 Å². The molecule has 0 atom stereocenters. The Morgan fingerprint density at radius 1 is 1.73 bits per heavy atom. The van der Waals surface area contributed by atoms with Crippen LogP contribution < -0.4 is 5.32 Å². The van der Waals surface area contributed by atoms with Crippen LogP contribution in [0.15, 0.2) is 10.7 Å². The first-order valence-electron chi connectivity index (χ1n) is 4.92. The summed E-state index contributed by atoms with van der Waals surface area (Å²) in [5.41, 5.74) is 0.642. The quantitative estimate of drug-likeness (QED) is 0.799. The molecule has 0 radical (unpaired) electrons. The fourth-order valence-corrected chi connectivity index (χ4v) is 1.78. The van der Waals surface area contributed by atoms with Crippen LogP contribution in [0.4, 0.5) is 0 Å². The van der Waals surface area contributed by atoms with Crippen LogP contribution in [0.25, 0.3) is 0 Å². The average Bonchev–Trinajstić information content (AvgIpc) is 2.91. The summed E-state index contributed by atoms with van der Waals surface area (Å²) < 4.78 is 4.82. The zero-order valence-corrected chi connectivity index (χ0v) is 9.30. The van der Waals surface area contributed by atoms with E-state index in [2.05, 4.69) is 10.5 Å². The Morgan fingerprint density at radius 3 is 2.93 bits per heavy atom. The van der Waals surface area contributed by atoms with E-state index in [9.17, 15) is 4.79 Å². The molecule has 5 heteroatoms. The topological polar surface area (TPSA) is 55.1 Å². The fourth-order valence-electron chi connectivity index (χ4n) is 1.41. The molecule has 0 saturated heterocycles. The predicted molar refractivity (Wildman–Crippen MR) is 56.0 cm³/mol. The summed E-state index contributed by atoms with van der Waals surface area (Å²) in [7, 11) is 0. The third kappa shape index (κ3) is 2.15. The maximum atomic E-state index is 11.7. The molecule has 0 aromatic carbocycles. The highest BCUT2D eigenvalue weighted by Crippen LogP contribution is 2.45. The van der Waals surface area contributed by atoms with Gasteiger partial charge in [-0.25, -0.2) is 0 Å². The van der Waals surface area contributed by atoms with Gasteiger partial charge in [-0.15, -0.1) is 11.6 Å². The number of carbonyl (C=O) groups excluding carboxylic acids is 1. The summed E-state index contributed by atoms with van der Waals surface area (Å²) in [6, 6.07) is 0. The van der Waals surface area contributed by atoms with Gasteiger partial charge >= 0.3 is 0 Å². The van der Waals surface area contributed by atoms with Crippen LogP contribution in [0, 0.1) is 12.3 Å². The molecule has 0 bridgehead atoms. The molecular weight excluding hydrogens is 216 g/mol. The molecule has 1 saturated carbocycles. The summed E-state index contributed by atoms with van der Waals surface area (Å²) in [4.78, 5) is 11.7. The standard InChI is InChI=1S/C10H13ClN2O2/c1-7-8(4-13-15-7)9(14)12-6-10(5-11)2-3-10/h4H,2-3,5-6H2,1H3,(H,12,14). The van der Waals surface area contributed by atoms with Crippen molar-refractivity contribution in [1.29, 1.82) is 0 Å². The molecule has 0 unspecified atom stereocenters. The van der Waals surface area contributed by atoms with E-state index in [1.807, 2.05) is 0 Å². The second kappa shape index (κ2) is 3.85. The van der Waals surface area contributed by atoms with Crippen LogP contribution in [0.3, 0.4) is 0 Å². The van der Waals surface area contributed by atoms with Gasteiger partial charge in [-0.3, -0.25) is 4.79 Å². The number of halogens is 1. The van der Waals surface area contributed by atoms with Crippen molar-refractivity contribution < 1.29 is 9.32 Å². The van der Waals surface area contributed by atoms with Crippen molar-refractivity contribution in [3.05, 3.63) is 17.5 Å². The molecule has 1 fully saturated rings. The second-order valence-corrected chi connectivity index (χ2v) is 4.38. The highest BCUT2D eigenvalue weighted by molar-refractivity contribution is 6.18. The van der Waals surface area contributed by atoms with E-state index in [1.165, 1.54) is 6.20 Å². The average molecular weight is 229 g/mol. The van der Waals surface area contributed by atoms with Gasteiger partial charge in [-0.1, -0.05) is 5.16 Å². The Bertz CT molecular complexity index is 371. The number of rotatable bonds is 4. The predicted octanol–water partition coefficient (Wildman–Crippen LogP) is 1.73. The molecule has 1 aliphatic rings. The van der Waals surface area contributed by atoms with E-state index < -0.39 is 0 Å². The molecule has 82 valence electrons. The first-order valence-corrected chi connectivity index (χ1v) is 5.46. The highest BCUT2D eigenvalue weighted by Gasteiger charge is 2.41. The third-order valence-corrected chi connectivity index (χ3v) is 3.43. The largest absolute Gasteiger partial charge is 0.361 e. The van der Waals surface area contributed by atoms with Crippen molar-refractivity contribution in [2.24, 2.45) is 5.41 Å². The summed E-state index contributed by atoms with van der Waals surface area (Å²) in [5.74, 6) is 1.02. The number of aryl methyl sites for hydroxylation is 1. The Morgan fingerprint density at radius 2 is 2.47 bits per heavy atom. The molecule has 1 aromatic heterocycles. The van der Waals surface area contributed by atoms with Gasteiger partial charge in [0.1, 0.15) is 11.3 Å². The Labute approximate surface area is 93.0 Å². The lowest BCUT2D eigenvalue weighted by molar-refractivity contribution is 0.0945. The van der Waals surface area contributed by atoms with E-state index in [-0.39, 0.29) is 11.3 Å². The van der Waals surface area contributed by atoms with Crippen LogP contribution in [0.1, 0.15) is 29.0 Å². The van der Waals surface area contributed by atoms with Gasteiger partial charge in [-0.2, -0.15) is 0 Å². The van der Waals surface area contributed by atoms with Gasteiger partial charge in [0.25, 0.3) is 5.91 Å². The van der Waals surface area contributed by atoms with Crippen LogP contribution in [0.2, 0.25) is 0 Å². The Hall–Kier alpha value is -1.03. The Kier molecular flexibility index (Phi) is 2.69.